The van der Waals surface area contributed by atoms with Crippen LogP contribution in [0.25, 0.3) is 0 Å². The van der Waals surface area contributed by atoms with Crippen molar-refractivity contribution < 1.29 is 18.0 Å². The van der Waals surface area contributed by atoms with E-state index in [4.69, 9.17) is 0 Å². The Hall–Kier alpha value is -1.89. The lowest BCUT2D eigenvalue weighted by atomic mass is 9.95. The van der Waals surface area contributed by atoms with Crippen LogP contribution < -0.4 is 10.6 Å². The minimum absolute atomic E-state index is 0.000613. The van der Waals surface area contributed by atoms with Crippen LogP contribution in [-0.2, 0) is 9.84 Å². The van der Waals surface area contributed by atoms with Gasteiger partial charge in [0.05, 0.1) is 11.5 Å². The molecule has 0 spiro atoms. The Labute approximate surface area is 148 Å². The third-order valence-electron chi connectivity index (χ3n) is 4.92. The van der Waals surface area contributed by atoms with Crippen LogP contribution in [0, 0.1) is 0 Å². The van der Waals surface area contributed by atoms with E-state index in [2.05, 4.69) is 10.6 Å². The summed E-state index contributed by atoms with van der Waals surface area (Å²) in [4.78, 5) is 24.5. The van der Waals surface area contributed by atoms with Crippen molar-refractivity contribution in [1.82, 2.24) is 10.6 Å². The van der Waals surface area contributed by atoms with Gasteiger partial charge in [-0.1, -0.05) is 19.3 Å². The highest BCUT2D eigenvalue weighted by Crippen LogP contribution is 2.18. The van der Waals surface area contributed by atoms with Gasteiger partial charge in [-0.05, 0) is 43.5 Å². The molecule has 136 valence electrons. The molecule has 1 atom stereocenters. The number of nitrogens with one attached hydrogen (secondary N) is 2. The first-order chi connectivity index (χ1) is 11.9. The number of hydrogen-bond donors (Lipinski definition) is 2. The second-order valence-corrected chi connectivity index (χ2v) is 9.19. The summed E-state index contributed by atoms with van der Waals surface area (Å²) in [7, 11) is -3.02. The van der Waals surface area contributed by atoms with E-state index in [1.807, 2.05) is 0 Å². The van der Waals surface area contributed by atoms with Crippen LogP contribution in [0.5, 0.6) is 0 Å². The third kappa shape index (κ3) is 4.81. The van der Waals surface area contributed by atoms with E-state index in [9.17, 15) is 18.0 Å². The van der Waals surface area contributed by atoms with Crippen LogP contribution in [0.4, 0.5) is 0 Å². The van der Waals surface area contributed by atoms with Crippen molar-refractivity contribution in [3.63, 3.8) is 0 Å². The number of carbonyl (C=O) groups is 2. The molecule has 3 rings (SSSR count). The fourth-order valence-electron chi connectivity index (χ4n) is 3.47. The van der Waals surface area contributed by atoms with Crippen molar-refractivity contribution in [2.24, 2.45) is 0 Å². The molecule has 7 heteroatoms. The monoisotopic (exact) mass is 364 g/mol. The number of amides is 2. The zero-order chi connectivity index (χ0) is 17.9. The molecule has 1 saturated heterocycles. The number of rotatable bonds is 4. The molecule has 25 heavy (non-hydrogen) atoms. The molecule has 1 saturated carbocycles. The summed E-state index contributed by atoms with van der Waals surface area (Å²) in [6.07, 6.45) is 6.05. The average Bonchev–Trinajstić information content (AvgIpc) is 2.94. The number of benzene rings is 1. The molecule has 1 aromatic carbocycles. The molecule has 1 aliphatic carbocycles. The summed E-state index contributed by atoms with van der Waals surface area (Å²) in [6, 6.07) is 6.40. The quantitative estimate of drug-likeness (QED) is 0.850. The molecule has 2 aliphatic rings. The van der Waals surface area contributed by atoms with Gasteiger partial charge in [0.2, 0.25) is 0 Å². The second kappa shape index (κ2) is 7.56. The number of hydrogen-bond acceptors (Lipinski definition) is 4. The topological polar surface area (TPSA) is 92.3 Å². The first-order valence-electron chi connectivity index (χ1n) is 8.85. The largest absolute Gasteiger partial charge is 0.349 e. The van der Waals surface area contributed by atoms with Crippen molar-refractivity contribution in [2.75, 3.05) is 11.5 Å². The summed E-state index contributed by atoms with van der Waals surface area (Å²) in [6.45, 7) is 0. The average molecular weight is 364 g/mol. The Balaban J connectivity index is 1.56. The van der Waals surface area contributed by atoms with Crippen LogP contribution in [0.3, 0.4) is 0 Å². The van der Waals surface area contributed by atoms with E-state index in [-0.39, 0.29) is 35.4 Å². The normalized spacial score (nSPS) is 23.1. The standard InChI is InChI=1S/C18H24N2O4S/c21-17(19-15-4-2-1-3-5-15)13-6-8-14(9-7-13)18(22)20-16-10-11-25(23,24)12-16/h6-9,15-16H,1-5,10-12H2,(H,19,21)(H,20,22). The summed E-state index contributed by atoms with van der Waals surface area (Å²) < 4.78 is 22.9. The summed E-state index contributed by atoms with van der Waals surface area (Å²) in [5.41, 5.74) is 0.962. The Bertz CT molecular complexity index is 737. The van der Waals surface area contributed by atoms with Gasteiger partial charge >= 0.3 is 0 Å². The summed E-state index contributed by atoms with van der Waals surface area (Å²) in [5, 5.41) is 5.79. The van der Waals surface area contributed by atoms with Gasteiger partial charge in [0.15, 0.2) is 9.84 Å². The van der Waals surface area contributed by atoms with E-state index >= 15 is 0 Å². The maximum Gasteiger partial charge on any atom is 0.251 e. The predicted molar refractivity (Wildman–Crippen MR) is 95.3 cm³/mol. The maximum atomic E-state index is 12.3. The molecule has 2 N–H and O–H groups in total. The van der Waals surface area contributed by atoms with Gasteiger partial charge < -0.3 is 10.6 Å². The van der Waals surface area contributed by atoms with Crippen molar-refractivity contribution in [2.45, 2.75) is 50.6 Å². The zero-order valence-corrected chi connectivity index (χ0v) is 15.0. The number of sulfone groups is 1. The van der Waals surface area contributed by atoms with Crippen LogP contribution in [0.2, 0.25) is 0 Å². The van der Waals surface area contributed by atoms with Crippen molar-refractivity contribution in [1.29, 1.82) is 0 Å². The van der Waals surface area contributed by atoms with Gasteiger partial charge in [-0.15, -0.1) is 0 Å². The smallest absolute Gasteiger partial charge is 0.251 e. The van der Waals surface area contributed by atoms with Crippen molar-refractivity contribution >= 4 is 21.7 Å². The van der Waals surface area contributed by atoms with E-state index in [0.717, 1.165) is 25.7 Å². The summed E-state index contributed by atoms with van der Waals surface area (Å²) in [5.74, 6) is -0.291. The van der Waals surface area contributed by atoms with Gasteiger partial charge in [0, 0.05) is 23.2 Å². The molecular formula is C18H24N2O4S. The number of carbonyl (C=O) groups excluding carboxylic acids is 2. The molecule has 0 bridgehead atoms. The first-order valence-corrected chi connectivity index (χ1v) is 10.7. The molecule has 1 aromatic rings. The lowest BCUT2D eigenvalue weighted by Crippen LogP contribution is -2.36. The highest BCUT2D eigenvalue weighted by atomic mass is 32.2. The van der Waals surface area contributed by atoms with Crippen LogP contribution in [0.1, 0.15) is 59.2 Å². The van der Waals surface area contributed by atoms with Gasteiger partial charge in [-0.3, -0.25) is 9.59 Å². The molecule has 2 fully saturated rings. The molecule has 6 nitrogen and oxygen atoms in total. The minimum Gasteiger partial charge on any atom is -0.349 e. The van der Waals surface area contributed by atoms with Gasteiger partial charge in [0.1, 0.15) is 0 Å². The fourth-order valence-corrected chi connectivity index (χ4v) is 5.14. The maximum absolute atomic E-state index is 12.3. The SMILES string of the molecule is O=C(NC1CCCCC1)c1ccc(C(=O)NC2CCS(=O)(=O)C2)cc1. The molecule has 0 aromatic heterocycles. The lowest BCUT2D eigenvalue weighted by Gasteiger charge is -2.22. The van der Waals surface area contributed by atoms with Crippen LogP contribution in [-0.4, -0.2) is 43.8 Å². The zero-order valence-electron chi connectivity index (χ0n) is 14.2. The Kier molecular flexibility index (Phi) is 5.42. The second-order valence-electron chi connectivity index (χ2n) is 6.96. The third-order valence-corrected chi connectivity index (χ3v) is 6.69. The van der Waals surface area contributed by atoms with E-state index in [1.165, 1.54) is 6.42 Å². The minimum atomic E-state index is -3.02. The van der Waals surface area contributed by atoms with E-state index in [0.29, 0.717) is 17.5 Å². The van der Waals surface area contributed by atoms with E-state index in [1.54, 1.807) is 24.3 Å². The highest BCUT2D eigenvalue weighted by molar-refractivity contribution is 7.91. The first kappa shape index (κ1) is 17.9. The lowest BCUT2D eigenvalue weighted by molar-refractivity contribution is 0.0920. The van der Waals surface area contributed by atoms with Crippen LogP contribution in [0.15, 0.2) is 24.3 Å². The Morgan fingerprint density at radius 3 is 1.80 bits per heavy atom. The molecule has 0 radical (unpaired) electrons. The Morgan fingerprint density at radius 2 is 1.32 bits per heavy atom. The van der Waals surface area contributed by atoms with Crippen molar-refractivity contribution in [3.8, 4) is 0 Å². The molecule has 1 aliphatic heterocycles. The van der Waals surface area contributed by atoms with Gasteiger partial charge in [-0.2, -0.15) is 0 Å². The Morgan fingerprint density at radius 1 is 0.800 bits per heavy atom. The highest BCUT2D eigenvalue weighted by Gasteiger charge is 2.29. The van der Waals surface area contributed by atoms with Gasteiger partial charge in [-0.25, -0.2) is 8.42 Å². The predicted octanol–water partition coefficient (Wildman–Crippen LogP) is 1.67. The molecule has 1 unspecified atom stereocenters. The summed E-state index contributed by atoms with van der Waals surface area (Å²) >= 11 is 0. The van der Waals surface area contributed by atoms with Crippen molar-refractivity contribution in [3.05, 3.63) is 35.4 Å². The van der Waals surface area contributed by atoms with Crippen LogP contribution >= 0.6 is 0 Å². The molecule has 1 heterocycles. The molecular weight excluding hydrogens is 340 g/mol. The van der Waals surface area contributed by atoms with E-state index < -0.39 is 9.84 Å². The molecule has 2 amide bonds. The van der Waals surface area contributed by atoms with Gasteiger partial charge in [0.25, 0.3) is 11.8 Å². The fraction of sp³-hybridized carbons (Fsp3) is 0.556.